The molecular formula is C15H23N5O5. The van der Waals surface area contributed by atoms with Crippen LogP contribution in [-0.4, -0.2) is 48.0 Å². The van der Waals surface area contributed by atoms with Crippen LogP contribution in [0.15, 0.2) is 35.4 Å². The lowest BCUT2D eigenvalue weighted by atomic mass is 10.1. The largest absolute Gasteiger partial charge is 0.480 e. The fraction of sp³-hybridized carbons (Fsp3) is 0.400. The minimum atomic E-state index is -1.20. The lowest BCUT2D eigenvalue weighted by Gasteiger charge is -2.15. The van der Waals surface area contributed by atoms with E-state index in [1.54, 1.807) is 12.1 Å². The van der Waals surface area contributed by atoms with Crippen molar-refractivity contribution in [2.24, 2.45) is 16.7 Å². The van der Waals surface area contributed by atoms with Gasteiger partial charge < -0.3 is 25.6 Å². The third-order valence-corrected chi connectivity index (χ3v) is 3.01. The van der Waals surface area contributed by atoms with Gasteiger partial charge in [-0.25, -0.2) is 20.5 Å². The van der Waals surface area contributed by atoms with E-state index in [4.69, 9.17) is 21.1 Å². The van der Waals surface area contributed by atoms with Crippen molar-refractivity contribution in [2.45, 2.75) is 25.5 Å². The van der Waals surface area contributed by atoms with Crippen molar-refractivity contribution < 1.29 is 24.2 Å². The Kier molecular flexibility index (Phi) is 8.75. The maximum atomic E-state index is 11.7. The Morgan fingerprint density at radius 1 is 1.36 bits per heavy atom. The number of carboxylic acids is 1. The summed E-state index contributed by atoms with van der Waals surface area (Å²) >= 11 is 0. The molecule has 0 fully saturated rings. The average molecular weight is 353 g/mol. The van der Waals surface area contributed by atoms with E-state index in [9.17, 15) is 14.7 Å². The number of methoxy groups -OCH3 is 1. The second-order valence-corrected chi connectivity index (χ2v) is 5.08. The molecule has 0 bridgehead atoms. The predicted octanol–water partition coefficient (Wildman–Crippen LogP) is 0.198. The number of carbonyl (C=O) groups excluding carboxylic acids is 1. The number of amidine groups is 1. The number of benzene rings is 1. The summed E-state index contributed by atoms with van der Waals surface area (Å²) in [4.78, 5) is 23.0. The van der Waals surface area contributed by atoms with Crippen LogP contribution in [0.25, 0.3) is 0 Å². The summed E-state index contributed by atoms with van der Waals surface area (Å²) in [6.07, 6.45) is -0.675. The van der Waals surface area contributed by atoms with Crippen LogP contribution in [0, 0.1) is 0 Å². The van der Waals surface area contributed by atoms with Gasteiger partial charge in [0.05, 0.1) is 0 Å². The number of hydrazone groups is 1. The first-order valence-electron chi connectivity index (χ1n) is 7.46. The summed E-state index contributed by atoms with van der Waals surface area (Å²) in [7, 11) is 1.44. The van der Waals surface area contributed by atoms with Crippen molar-refractivity contribution in [3.63, 3.8) is 0 Å². The Morgan fingerprint density at radius 2 is 2.04 bits per heavy atom. The van der Waals surface area contributed by atoms with Crippen molar-refractivity contribution >= 4 is 17.9 Å². The zero-order chi connectivity index (χ0) is 18.7. The van der Waals surface area contributed by atoms with Crippen LogP contribution in [0.4, 0.5) is 4.79 Å². The molecule has 25 heavy (non-hydrogen) atoms. The molecule has 0 aromatic heterocycles. The molecule has 0 aliphatic rings. The number of ether oxygens (including phenoxy) is 2. The Labute approximate surface area is 145 Å². The molecule has 1 amide bonds. The van der Waals surface area contributed by atoms with Crippen molar-refractivity contribution in [3.8, 4) is 0 Å². The zero-order valence-electron chi connectivity index (χ0n) is 13.9. The number of nitrogens with zero attached hydrogens (tertiary/aromatic N) is 2. The van der Waals surface area contributed by atoms with Gasteiger partial charge in [0.25, 0.3) is 0 Å². The summed E-state index contributed by atoms with van der Waals surface area (Å²) < 4.78 is 9.75. The number of nitrogens with one attached hydrogen (secondary N) is 1. The Hall–Kier alpha value is -2.85. The van der Waals surface area contributed by atoms with Crippen molar-refractivity contribution in [3.05, 3.63) is 35.9 Å². The molecule has 1 aromatic rings. The number of nitrogens with two attached hydrogens (primary N) is 2. The number of hydrogen-bond donors (Lipinski definition) is 4. The van der Waals surface area contributed by atoms with Crippen LogP contribution in [0.3, 0.4) is 0 Å². The van der Waals surface area contributed by atoms with Gasteiger partial charge in [-0.2, -0.15) is 0 Å². The molecule has 1 aromatic carbocycles. The Bertz CT molecular complexity index is 581. The third-order valence-electron chi connectivity index (χ3n) is 3.01. The molecule has 0 heterocycles. The van der Waals surface area contributed by atoms with Gasteiger partial charge in [0.1, 0.15) is 18.5 Å². The van der Waals surface area contributed by atoms with Gasteiger partial charge in [0.2, 0.25) is 0 Å². The molecule has 1 unspecified atom stereocenters. The lowest BCUT2D eigenvalue weighted by Crippen LogP contribution is -2.41. The van der Waals surface area contributed by atoms with Crippen molar-refractivity contribution in [1.82, 2.24) is 10.4 Å². The molecule has 1 rings (SSSR count). The molecule has 0 saturated heterocycles. The fourth-order valence-electron chi connectivity index (χ4n) is 1.83. The zero-order valence-corrected chi connectivity index (χ0v) is 13.9. The minimum Gasteiger partial charge on any atom is -0.480 e. The van der Waals surface area contributed by atoms with E-state index in [1.165, 1.54) is 7.11 Å². The van der Waals surface area contributed by atoms with Crippen LogP contribution >= 0.6 is 0 Å². The molecule has 1 atom stereocenters. The van der Waals surface area contributed by atoms with Crippen LogP contribution in [0.2, 0.25) is 0 Å². The van der Waals surface area contributed by atoms with Crippen molar-refractivity contribution in [2.75, 3.05) is 13.8 Å². The molecule has 10 nitrogen and oxygen atoms in total. The van der Waals surface area contributed by atoms with Gasteiger partial charge in [-0.05, 0) is 12.0 Å². The molecule has 6 N–H and O–H groups in total. The molecule has 0 radical (unpaired) electrons. The SMILES string of the molecule is COCN(N)/N=C(\N)CCC(NC(=O)OCc1ccccc1)C(=O)O. The first-order valence-corrected chi connectivity index (χ1v) is 7.46. The average Bonchev–Trinajstić information content (AvgIpc) is 2.57. The van der Waals surface area contributed by atoms with Crippen molar-refractivity contribution in [1.29, 1.82) is 0 Å². The highest BCUT2D eigenvalue weighted by Crippen LogP contribution is 2.03. The van der Waals surface area contributed by atoms with E-state index in [-0.39, 0.29) is 32.0 Å². The van der Waals surface area contributed by atoms with Crippen LogP contribution in [-0.2, 0) is 20.9 Å². The van der Waals surface area contributed by atoms with Crippen LogP contribution in [0.1, 0.15) is 18.4 Å². The molecule has 0 aliphatic carbocycles. The molecule has 0 spiro atoms. The first-order chi connectivity index (χ1) is 11.9. The number of hydrazine groups is 1. The molecule has 0 saturated carbocycles. The normalized spacial score (nSPS) is 12.3. The highest BCUT2D eigenvalue weighted by molar-refractivity contribution is 5.83. The quantitative estimate of drug-likeness (QED) is 0.153. The molecule has 10 heteroatoms. The van der Waals surface area contributed by atoms with Gasteiger partial charge in [-0.3, -0.25) is 0 Å². The summed E-state index contributed by atoms with van der Waals surface area (Å²) in [5.41, 5.74) is 6.45. The van der Waals surface area contributed by atoms with E-state index in [0.29, 0.717) is 0 Å². The summed E-state index contributed by atoms with van der Waals surface area (Å²) in [6, 6.07) is 7.87. The predicted molar refractivity (Wildman–Crippen MR) is 89.9 cm³/mol. The standard InChI is InChI=1S/C15H23N5O5/c1-24-10-20(17)19-13(16)8-7-12(14(21)22)18-15(23)25-9-11-5-3-2-4-6-11/h2-6,12H,7-10,17H2,1H3,(H2,16,19)(H,18,23)(H,21,22). The van der Waals surface area contributed by atoms with E-state index < -0.39 is 18.1 Å². The number of rotatable bonds is 10. The summed E-state index contributed by atoms with van der Waals surface area (Å²) in [5, 5.41) is 16.2. The summed E-state index contributed by atoms with van der Waals surface area (Å²) in [5.74, 6) is 4.37. The number of carboxylic acid groups (broad SMARTS) is 1. The third kappa shape index (κ3) is 8.53. The lowest BCUT2D eigenvalue weighted by molar-refractivity contribution is -0.139. The number of aliphatic carboxylic acids is 1. The maximum Gasteiger partial charge on any atom is 0.408 e. The Morgan fingerprint density at radius 3 is 2.64 bits per heavy atom. The number of hydrogen-bond acceptors (Lipinski definition) is 7. The van der Waals surface area contributed by atoms with Crippen LogP contribution in [0.5, 0.6) is 0 Å². The minimum absolute atomic E-state index is 0.0337. The van der Waals surface area contributed by atoms with Gasteiger partial charge in [0, 0.05) is 13.5 Å². The monoisotopic (exact) mass is 353 g/mol. The second-order valence-electron chi connectivity index (χ2n) is 5.08. The molecular weight excluding hydrogens is 330 g/mol. The highest BCUT2D eigenvalue weighted by Gasteiger charge is 2.21. The second kappa shape index (κ2) is 10.8. The van der Waals surface area contributed by atoms with E-state index in [2.05, 4.69) is 10.4 Å². The van der Waals surface area contributed by atoms with Gasteiger partial charge in [-0.1, -0.05) is 30.3 Å². The number of amides is 1. The van der Waals surface area contributed by atoms with Gasteiger partial charge in [0.15, 0.2) is 6.73 Å². The van der Waals surface area contributed by atoms with E-state index >= 15 is 0 Å². The number of alkyl carbamates (subject to hydrolysis) is 1. The Balaban J connectivity index is 2.45. The maximum absolute atomic E-state index is 11.7. The highest BCUT2D eigenvalue weighted by atomic mass is 16.5. The number of carbonyl (C=O) groups is 2. The topological polar surface area (TPSA) is 152 Å². The first kappa shape index (κ1) is 20.2. The van der Waals surface area contributed by atoms with E-state index in [1.807, 2.05) is 18.2 Å². The smallest absolute Gasteiger partial charge is 0.408 e. The van der Waals surface area contributed by atoms with Crippen LogP contribution < -0.4 is 16.9 Å². The van der Waals surface area contributed by atoms with Gasteiger partial charge in [-0.15, -0.1) is 5.10 Å². The van der Waals surface area contributed by atoms with Gasteiger partial charge >= 0.3 is 12.1 Å². The fourth-order valence-corrected chi connectivity index (χ4v) is 1.83. The summed E-state index contributed by atoms with van der Waals surface area (Å²) in [6.45, 7) is 0.0783. The molecule has 0 aliphatic heterocycles. The molecule has 138 valence electrons. The van der Waals surface area contributed by atoms with E-state index in [0.717, 1.165) is 10.7 Å².